The van der Waals surface area contributed by atoms with Crippen molar-refractivity contribution in [2.24, 2.45) is 11.8 Å². The monoisotopic (exact) mass is 294 g/mol. The normalized spacial score (nSPS) is 23.3. The van der Waals surface area contributed by atoms with Gasteiger partial charge in [0.15, 0.2) is 0 Å². The van der Waals surface area contributed by atoms with Gasteiger partial charge < -0.3 is 4.90 Å². The van der Waals surface area contributed by atoms with Gasteiger partial charge in [-0.25, -0.2) is 0 Å². The Balaban J connectivity index is 2.21. The molecular weight excluding hydrogens is 268 g/mol. The minimum absolute atomic E-state index is 0.0449. The highest BCUT2D eigenvalue weighted by molar-refractivity contribution is 7.10. The second-order valence-corrected chi connectivity index (χ2v) is 6.96. The maximum Gasteiger partial charge on any atom is 0.241 e. The van der Waals surface area contributed by atoms with Gasteiger partial charge in [0.25, 0.3) is 0 Å². The SMILES string of the molecule is CCC(CC)CN1C(=O)C(C(C)C)NC1c1cccs1. The molecule has 2 atom stereocenters. The van der Waals surface area contributed by atoms with Gasteiger partial charge in [-0.15, -0.1) is 11.3 Å². The van der Waals surface area contributed by atoms with Gasteiger partial charge in [-0.2, -0.15) is 0 Å². The van der Waals surface area contributed by atoms with Crippen molar-refractivity contribution in [2.75, 3.05) is 6.54 Å². The summed E-state index contributed by atoms with van der Waals surface area (Å²) in [6, 6.07) is 4.14. The van der Waals surface area contributed by atoms with Crippen molar-refractivity contribution in [3.05, 3.63) is 22.4 Å². The standard InChI is InChI=1S/C16H26N2OS/c1-5-12(6-2)10-18-15(13-8-7-9-20-13)17-14(11(3)4)16(18)19/h7-9,11-12,14-15,17H,5-6,10H2,1-4H3. The Kier molecular flexibility index (Phi) is 5.22. The van der Waals surface area contributed by atoms with E-state index in [1.165, 1.54) is 4.88 Å². The van der Waals surface area contributed by atoms with E-state index in [-0.39, 0.29) is 18.1 Å². The van der Waals surface area contributed by atoms with Gasteiger partial charge in [-0.3, -0.25) is 10.1 Å². The van der Waals surface area contributed by atoms with Crippen LogP contribution in [0.25, 0.3) is 0 Å². The van der Waals surface area contributed by atoms with Crippen molar-refractivity contribution < 1.29 is 4.79 Å². The lowest BCUT2D eigenvalue weighted by molar-refractivity contribution is -0.131. The smallest absolute Gasteiger partial charge is 0.241 e. The number of rotatable bonds is 6. The highest BCUT2D eigenvalue weighted by Gasteiger charge is 2.41. The number of thiophene rings is 1. The minimum Gasteiger partial charge on any atom is -0.320 e. The molecule has 1 aliphatic heterocycles. The van der Waals surface area contributed by atoms with Crippen LogP contribution in [0.3, 0.4) is 0 Å². The molecule has 0 radical (unpaired) electrons. The molecule has 3 nitrogen and oxygen atoms in total. The molecule has 0 spiro atoms. The quantitative estimate of drug-likeness (QED) is 0.869. The minimum atomic E-state index is -0.0449. The molecule has 0 aromatic carbocycles. The van der Waals surface area contributed by atoms with Crippen LogP contribution in [-0.2, 0) is 4.79 Å². The van der Waals surface area contributed by atoms with Crippen LogP contribution in [0.2, 0.25) is 0 Å². The molecule has 2 unspecified atom stereocenters. The maximum atomic E-state index is 12.7. The predicted octanol–water partition coefficient (Wildman–Crippen LogP) is 3.64. The number of carbonyl (C=O) groups is 1. The third-order valence-electron chi connectivity index (χ3n) is 4.29. The lowest BCUT2D eigenvalue weighted by Gasteiger charge is -2.27. The van der Waals surface area contributed by atoms with Crippen LogP contribution in [0.15, 0.2) is 17.5 Å². The van der Waals surface area contributed by atoms with Crippen LogP contribution in [0.5, 0.6) is 0 Å². The van der Waals surface area contributed by atoms with Crippen molar-refractivity contribution >= 4 is 17.2 Å². The fourth-order valence-corrected chi connectivity index (χ4v) is 3.61. The molecule has 1 aromatic heterocycles. The van der Waals surface area contributed by atoms with Crippen molar-refractivity contribution in [1.82, 2.24) is 10.2 Å². The van der Waals surface area contributed by atoms with E-state index in [0.717, 1.165) is 19.4 Å². The van der Waals surface area contributed by atoms with Crippen molar-refractivity contribution in [3.8, 4) is 0 Å². The second-order valence-electron chi connectivity index (χ2n) is 5.98. The first kappa shape index (κ1) is 15.5. The van der Waals surface area contributed by atoms with Gasteiger partial charge in [0.2, 0.25) is 5.91 Å². The summed E-state index contributed by atoms with van der Waals surface area (Å²) >= 11 is 1.73. The predicted molar refractivity (Wildman–Crippen MR) is 84.6 cm³/mol. The molecule has 0 aliphatic carbocycles. The number of carbonyl (C=O) groups excluding carboxylic acids is 1. The summed E-state index contributed by atoms with van der Waals surface area (Å²) in [6.07, 6.45) is 2.32. The van der Waals surface area contributed by atoms with E-state index >= 15 is 0 Å². The van der Waals surface area contributed by atoms with Gasteiger partial charge in [0, 0.05) is 11.4 Å². The summed E-state index contributed by atoms with van der Waals surface area (Å²) < 4.78 is 0. The van der Waals surface area contributed by atoms with Crippen LogP contribution >= 0.6 is 11.3 Å². The van der Waals surface area contributed by atoms with Crippen LogP contribution < -0.4 is 5.32 Å². The third-order valence-corrected chi connectivity index (χ3v) is 5.21. The molecule has 1 fully saturated rings. The molecule has 1 N–H and O–H groups in total. The summed E-state index contributed by atoms with van der Waals surface area (Å²) in [5.74, 6) is 1.19. The lowest BCUT2D eigenvalue weighted by Crippen LogP contribution is -2.36. The average molecular weight is 294 g/mol. The molecule has 1 amide bonds. The molecule has 1 aromatic rings. The number of hydrogen-bond acceptors (Lipinski definition) is 3. The molecule has 20 heavy (non-hydrogen) atoms. The number of nitrogens with one attached hydrogen (secondary N) is 1. The number of nitrogens with zero attached hydrogens (tertiary/aromatic N) is 1. The molecule has 0 saturated carbocycles. The zero-order valence-corrected chi connectivity index (χ0v) is 13.7. The molecule has 1 saturated heterocycles. The van der Waals surface area contributed by atoms with E-state index in [0.29, 0.717) is 11.8 Å². The van der Waals surface area contributed by atoms with Crippen molar-refractivity contribution in [1.29, 1.82) is 0 Å². The van der Waals surface area contributed by atoms with Gasteiger partial charge in [-0.05, 0) is 23.3 Å². The summed E-state index contributed by atoms with van der Waals surface area (Å²) in [4.78, 5) is 16.0. The third kappa shape index (κ3) is 3.07. The van der Waals surface area contributed by atoms with E-state index in [9.17, 15) is 4.79 Å². The van der Waals surface area contributed by atoms with E-state index in [1.807, 2.05) is 0 Å². The van der Waals surface area contributed by atoms with Crippen molar-refractivity contribution in [2.45, 2.75) is 52.7 Å². The highest BCUT2D eigenvalue weighted by atomic mass is 32.1. The number of hydrogen-bond donors (Lipinski definition) is 1. The first-order chi connectivity index (χ1) is 9.58. The van der Waals surface area contributed by atoms with Gasteiger partial charge in [-0.1, -0.05) is 46.6 Å². The zero-order chi connectivity index (χ0) is 14.7. The summed E-state index contributed by atoms with van der Waals surface area (Å²) in [5.41, 5.74) is 0. The van der Waals surface area contributed by atoms with Crippen LogP contribution in [-0.4, -0.2) is 23.4 Å². The molecule has 4 heteroatoms. The van der Waals surface area contributed by atoms with Gasteiger partial charge in [0.1, 0.15) is 6.17 Å². The fourth-order valence-electron chi connectivity index (χ4n) is 2.82. The first-order valence-corrected chi connectivity index (χ1v) is 8.56. The fraction of sp³-hybridized carbons (Fsp3) is 0.688. The lowest BCUT2D eigenvalue weighted by atomic mass is 10.0. The van der Waals surface area contributed by atoms with E-state index < -0.39 is 0 Å². The topological polar surface area (TPSA) is 32.3 Å². The maximum absolute atomic E-state index is 12.7. The first-order valence-electron chi connectivity index (χ1n) is 7.68. The van der Waals surface area contributed by atoms with E-state index in [1.54, 1.807) is 11.3 Å². The Morgan fingerprint density at radius 3 is 2.55 bits per heavy atom. The zero-order valence-electron chi connectivity index (χ0n) is 12.9. The largest absolute Gasteiger partial charge is 0.320 e. The van der Waals surface area contributed by atoms with Crippen LogP contribution in [0.4, 0.5) is 0 Å². The summed E-state index contributed by atoms with van der Waals surface area (Å²) in [5, 5.41) is 5.62. The molecule has 0 bridgehead atoms. The van der Waals surface area contributed by atoms with Gasteiger partial charge in [0.05, 0.1) is 6.04 Å². The molecule has 2 heterocycles. The highest BCUT2D eigenvalue weighted by Crippen LogP contribution is 2.32. The van der Waals surface area contributed by atoms with Crippen LogP contribution in [0.1, 0.15) is 51.6 Å². The molecule has 1 aliphatic rings. The molecule has 112 valence electrons. The molecular formula is C16H26N2OS. The number of amides is 1. The van der Waals surface area contributed by atoms with Crippen LogP contribution in [0, 0.1) is 11.8 Å². The van der Waals surface area contributed by atoms with Crippen molar-refractivity contribution in [3.63, 3.8) is 0 Å². The summed E-state index contributed by atoms with van der Waals surface area (Å²) in [6.45, 7) is 9.51. The van der Waals surface area contributed by atoms with Gasteiger partial charge >= 0.3 is 0 Å². The summed E-state index contributed by atoms with van der Waals surface area (Å²) in [7, 11) is 0. The average Bonchev–Trinajstić information content (AvgIpc) is 3.04. The van der Waals surface area contributed by atoms with E-state index in [4.69, 9.17) is 0 Å². The van der Waals surface area contributed by atoms with E-state index in [2.05, 4.69) is 55.4 Å². The Morgan fingerprint density at radius 2 is 2.05 bits per heavy atom. The Labute approximate surface area is 126 Å². The molecule has 2 rings (SSSR count). The Hall–Kier alpha value is -0.870. The Morgan fingerprint density at radius 1 is 1.35 bits per heavy atom. The second kappa shape index (κ2) is 6.72. The Bertz CT molecular complexity index is 426.